The van der Waals surface area contributed by atoms with Gasteiger partial charge in [-0.1, -0.05) is 56.3 Å². The molecule has 0 fully saturated rings. The van der Waals surface area contributed by atoms with Crippen LogP contribution in [0.15, 0.2) is 66.7 Å². The molecule has 5 N–H and O–H groups in total. The van der Waals surface area contributed by atoms with Crippen LogP contribution in [0.5, 0.6) is 17.2 Å². The Kier molecular flexibility index (Phi) is 12.3. The molecule has 2 amide bonds. The van der Waals surface area contributed by atoms with E-state index >= 15 is 0 Å². The number of carbonyl (C=O) groups excluding carboxylic acids is 2. The Morgan fingerprint density at radius 3 is 1.98 bits per heavy atom. The minimum absolute atomic E-state index is 0.121. The van der Waals surface area contributed by atoms with E-state index in [4.69, 9.17) is 14.2 Å². The lowest BCUT2D eigenvalue weighted by molar-refractivity contribution is -0.129. The van der Waals surface area contributed by atoms with Crippen molar-refractivity contribution in [1.29, 1.82) is 0 Å². The lowest BCUT2D eigenvalue weighted by Gasteiger charge is -2.25. The molecule has 0 spiro atoms. The Bertz CT molecular complexity index is 1330. The molecule has 3 atom stereocenters. The van der Waals surface area contributed by atoms with Gasteiger partial charge in [0.1, 0.15) is 12.1 Å². The Morgan fingerprint density at radius 2 is 1.42 bits per heavy atom. The SMILES string of the molecule is COc1cc(C[C@H](Nc2cccc(-c3ccccc3)c2)C(=O)N[C@@H](C)C(=O)N[C@H](CC(C)C)B(O)O)cc(OC)c1OC. The molecule has 0 bridgehead atoms. The highest BCUT2D eigenvalue weighted by Crippen LogP contribution is 2.38. The van der Waals surface area contributed by atoms with E-state index in [1.165, 1.54) is 21.3 Å². The number of hydrogen-bond donors (Lipinski definition) is 5. The molecule has 0 unspecified atom stereocenters. The van der Waals surface area contributed by atoms with E-state index in [0.717, 1.165) is 16.7 Å². The number of rotatable bonds is 15. The van der Waals surface area contributed by atoms with Crippen LogP contribution in [0, 0.1) is 5.92 Å². The maximum Gasteiger partial charge on any atom is 0.475 e. The standard InChI is InChI=1S/C32H42BN3O7/c1-20(2)15-29(33(39)40)36-31(37)21(3)34-32(38)26(16-22-17-27(41-4)30(43-6)28(18-22)42-5)35-25-14-10-13-24(19-25)23-11-8-7-9-12-23/h7-14,17-21,26,29,35,39-40H,15-16H2,1-6H3,(H,34,38)(H,36,37)/t21-,26-,29+/m0/s1. The normalized spacial score (nSPS) is 13.0. The van der Waals surface area contributed by atoms with Gasteiger partial charge in [-0.15, -0.1) is 0 Å². The lowest BCUT2D eigenvalue weighted by Crippen LogP contribution is -2.55. The van der Waals surface area contributed by atoms with Crippen LogP contribution in [0.25, 0.3) is 11.1 Å². The van der Waals surface area contributed by atoms with E-state index in [9.17, 15) is 19.6 Å². The van der Waals surface area contributed by atoms with Gasteiger partial charge in [0.05, 0.1) is 27.3 Å². The minimum atomic E-state index is -1.72. The van der Waals surface area contributed by atoms with Gasteiger partial charge in [0.15, 0.2) is 11.5 Å². The molecule has 0 saturated carbocycles. The molecule has 0 aromatic heterocycles. The molecule has 11 heteroatoms. The van der Waals surface area contributed by atoms with Gasteiger partial charge in [-0.3, -0.25) is 9.59 Å². The Hall–Kier alpha value is -4.22. The van der Waals surface area contributed by atoms with Crippen molar-refractivity contribution in [3.05, 3.63) is 72.3 Å². The Morgan fingerprint density at radius 1 is 0.791 bits per heavy atom. The third-order valence-electron chi connectivity index (χ3n) is 6.96. The van der Waals surface area contributed by atoms with E-state index < -0.39 is 37.0 Å². The van der Waals surface area contributed by atoms with E-state index in [1.807, 2.05) is 68.4 Å². The molecule has 0 aliphatic carbocycles. The summed E-state index contributed by atoms with van der Waals surface area (Å²) in [5.41, 5.74) is 3.46. The molecule has 10 nitrogen and oxygen atoms in total. The van der Waals surface area contributed by atoms with Gasteiger partial charge < -0.3 is 40.2 Å². The summed E-state index contributed by atoms with van der Waals surface area (Å²) >= 11 is 0. The zero-order chi connectivity index (χ0) is 31.5. The molecular weight excluding hydrogens is 549 g/mol. The van der Waals surface area contributed by atoms with E-state index in [2.05, 4.69) is 16.0 Å². The molecule has 3 aromatic carbocycles. The summed E-state index contributed by atoms with van der Waals surface area (Å²) in [6.45, 7) is 5.38. The first kappa shape index (κ1) is 33.3. The zero-order valence-corrected chi connectivity index (χ0v) is 25.6. The van der Waals surface area contributed by atoms with Crippen molar-refractivity contribution in [3.8, 4) is 28.4 Å². The first-order valence-electron chi connectivity index (χ1n) is 14.2. The summed E-state index contributed by atoms with van der Waals surface area (Å²) in [6.07, 6.45) is 0.588. The van der Waals surface area contributed by atoms with Crippen molar-refractivity contribution in [3.63, 3.8) is 0 Å². The van der Waals surface area contributed by atoms with Crippen LogP contribution < -0.4 is 30.2 Å². The lowest BCUT2D eigenvalue weighted by atomic mass is 9.75. The number of nitrogens with one attached hydrogen (secondary N) is 3. The van der Waals surface area contributed by atoms with Crippen molar-refractivity contribution in [1.82, 2.24) is 10.6 Å². The average molecular weight is 592 g/mol. The monoisotopic (exact) mass is 591 g/mol. The van der Waals surface area contributed by atoms with Gasteiger partial charge in [-0.05, 0) is 60.2 Å². The highest BCUT2D eigenvalue weighted by atomic mass is 16.5. The van der Waals surface area contributed by atoms with Crippen molar-refractivity contribution in [2.24, 2.45) is 5.92 Å². The maximum absolute atomic E-state index is 13.7. The van der Waals surface area contributed by atoms with Crippen LogP contribution in [0.4, 0.5) is 5.69 Å². The zero-order valence-electron chi connectivity index (χ0n) is 25.6. The Labute approximate surface area is 253 Å². The molecule has 0 aliphatic rings. The largest absolute Gasteiger partial charge is 0.493 e. The second kappa shape index (κ2) is 15.9. The number of amides is 2. The minimum Gasteiger partial charge on any atom is -0.493 e. The van der Waals surface area contributed by atoms with E-state index in [0.29, 0.717) is 29.4 Å². The average Bonchev–Trinajstić information content (AvgIpc) is 2.99. The van der Waals surface area contributed by atoms with Crippen molar-refractivity contribution in [2.75, 3.05) is 26.6 Å². The third kappa shape index (κ3) is 9.39. The molecule has 0 aliphatic heterocycles. The molecule has 3 rings (SSSR count). The van der Waals surface area contributed by atoms with E-state index in [1.54, 1.807) is 19.1 Å². The van der Waals surface area contributed by atoms with Crippen LogP contribution in [-0.4, -0.2) is 68.3 Å². The maximum atomic E-state index is 13.7. The predicted octanol–water partition coefficient (Wildman–Crippen LogP) is 3.45. The Balaban J connectivity index is 1.89. The highest BCUT2D eigenvalue weighted by molar-refractivity contribution is 6.43. The summed E-state index contributed by atoms with van der Waals surface area (Å²) in [7, 11) is 2.84. The van der Waals surface area contributed by atoms with Gasteiger partial charge in [-0.2, -0.15) is 0 Å². The molecule has 3 aromatic rings. The smallest absolute Gasteiger partial charge is 0.475 e. The highest BCUT2D eigenvalue weighted by Gasteiger charge is 2.30. The molecule has 0 saturated heterocycles. The summed E-state index contributed by atoms with van der Waals surface area (Å²) in [6, 6.07) is 19.4. The van der Waals surface area contributed by atoms with Crippen LogP contribution in [0.1, 0.15) is 32.8 Å². The summed E-state index contributed by atoms with van der Waals surface area (Å²) in [4.78, 5) is 26.6. The summed E-state index contributed by atoms with van der Waals surface area (Å²) in [5.74, 6) is -0.347. The number of carbonyl (C=O) groups is 2. The van der Waals surface area contributed by atoms with Gasteiger partial charge in [0, 0.05) is 12.1 Å². The van der Waals surface area contributed by atoms with Crippen molar-refractivity contribution in [2.45, 2.75) is 51.6 Å². The fraction of sp³-hybridized carbons (Fsp3) is 0.375. The van der Waals surface area contributed by atoms with Crippen molar-refractivity contribution < 1.29 is 33.8 Å². The summed E-state index contributed by atoms with van der Waals surface area (Å²) < 4.78 is 16.5. The number of methoxy groups -OCH3 is 3. The molecule has 230 valence electrons. The first-order chi connectivity index (χ1) is 20.6. The van der Waals surface area contributed by atoms with Gasteiger partial charge >= 0.3 is 7.12 Å². The fourth-order valence-electron chi connectivity index (χ4n) is 4.77. The summed E-state index contributed by atoms with van der Waals surface area (Å²) in [5, 5.41) is 28.2. The number of anilines is 1. The van der Waals surface area contributed by atoms with Crippen LogP contribution in [0.2, 0.25) is 0 Å². The van der Waals surface area contributed by atoms with Gasteiger partial charge in [-0.25, -0.2) is 0 Å². The van der Waals surface area contributed by atoms with Crippen molar-refractivity contribution >= 4 is 24.6 Å². The topological polar surface area (TPSA) is 138 Å². The number of hydrogen-bond acceptors (Lipinski definition) is 8. The molecule has 0 heterocycles. The molecular formula is C32H42BN3O7. The second-order valence-corrected chi connectivity index (χ2v) is 10.8. The van der Waals surface area contributed by atoms with E-state index in [-0.39, 0.29) is 12.3 Å². The molecule has 43 heavy (non-hydrogen) atoms. The fourth-order valence-corrected chi connectivity index (χ4v) is 4.77. The van der Waals surface area contributed by atoms with Crippen LogP contribution in [0.3, 0.4) is 0 Å². The number of benzene rings is 3. The third-order valence-corrected chi connectivity index (χ3v) is 6.96. The van der Waals surface area contributed by atoms with Gasteiger partial charge in [0.2, 0.25) is 17.6 Å². The van der Waals surface area contributed by atoms with Gasteiger partial charge in [0.25, 0.3) is 0 Å². The van der Waals surface area contributed by atoms with Crippen LogP contribution in [-0.2, 0) is 16.0 Å². The quantitative estimate of drug-likeness (QED) is 0.170. The van der Waals surface area contributed by atoms with Crippen LogP contribution >= 0.6 is 0 Å². The number of ether oxygens (including phenoxy) is 3. The predicted molar refractivity (Wildman–Crippen MR) is 168 cm³/mol. The second-order valence-electron chi connectivity index (χ2n) is 10.8. The first-order valence-corrected chi connectivity index (χ1v) is 14.2. The molecule has 0 radical (unpaired) electrons.